The summed E-state index contributed by atoms with van der Waals surface area (Å²) in [4.78, 5) is 0. The minimum absolute atomic E-state index is 0.376. The Labute approximate surface area is 115 Å². The minimum atomic E-state index is 0.376. The number of ether oxygens (including phenoxy) is 2. The van der Waals surface area contributed by atoms with Crippen LogP contribution in [0.5, 0.6) is 5.75 Å². The summed E-state index contributed by atoms with van der Waals surface area (Å²) in [6, 6.07) is 5.75. The van der Waals surface area contributed by atoms with Crippen LogP contribution in [0.25, 0.3) is 0 Å². The van der Waals surface area contributed by atoms with Crippen molar-refractivity contribution in [1.82, 2.24) is 0 Å². The molecule has 1 unspecified atom stereocenters. The summed E-state index contributed by atoms with van der Waals surface area (Å²) in [5.74, 6) is 0.868. The first-order chi connectivity index (χ1) is 8.31. The van der Waals surface area contributed by atoms with Crippen LogP contribution in [0.3, 0.4) is 0 Å². The van der Waals surface area contributed by atoms with Crippen LogP contribution in [0.2, 0.25) is 5.02 Å². The first-order valence-corrected chi connectivity index (χ1v) is 7.39. The zero-order chi connectivity index (χ0) is 12.1. The molecule has 4 heteroatoms. The average molecular weight is 320 g/mol. The quantitative estimate of drug-likeness (QED) is 0.758. The average Bonchev–Trinajstić information content (AvgIpc) is 2.82. The largest absolute Gasteiger partial charge is 0.493 e. The molecule has 1 aliphatic rings. The third-order valence-electron chi connectivity index (χ3n) is 2.93. The Hall–Kier alpha value is -0.250. The molecule has 0 N–H and O–H groups in total. The maximum atomic E-state index is 6.10. The number of rotatable bonds is 5. The Morgan fingerprint density at radius 2 is 2.35 bits per heavy atom. The van der Waals surface area contributed by atoms with Crippen molar-refractivity contribution in [2.24, 2.45) is 0 Å². The van der Waals surface area contributed by atoms with E-state index in [1.807, 2.05) is 18.2 Å². The molecule has 0 aliphatic carbocycles. The highest BCUT2D eigenvalue weighted by atomic mass is 79.9. The van der Waals surface area contributed by atoms with Gasteiger partial charge in [-0.15, -0.1) is 0 Å². The molecule has 1 aromatic carbocycles. The van der Waals surface area contributed by atoms with Gasteiger partial charge in [0.25, 0.3) is 0 Å². The van der Waals surface area contributed by atoms with E-state index in [1.165, 1.54) is 6.42 Å². The van der Waals surface area contributed by atoms with Gasteiger partial charge in [-0.2, -0.15) is 0 Å². The van der Waals surface area contributed by atoms with Crippen molar-refractivity contribution < 1.29 is 9.47 Å². The van der Waals surface area contributed by atoms with Crippen LogP contribution in [-0.4, -0.2) is 19.3 Å². The van der Waals surface area contributed by atoms with Gasteiger partial charge >= 0.3 is 0 Å². The van der Waals surface area contributed by atoms with Gasteiger partial charge in [0, 0.05) is 28.9 Å². The molecule has 2 rings (SSSR count). The van der Waals surface area contributed by atoms with Crippen molar-refractivity contribution in [1.29, 1.82) is 0 Å². The SMILES string of the molecule is Clc1cccc(OCCC2CCCO2)c1CBr. The van der Waals surface area contributed by atoms with Crippen LogP contribution >= 0.6 is 27.5 Å². The molecule has 2 nitrogen and oxygen atoms in total. The smallest absolute Gasteiger partial charge is 0.124 e. The molecule has 0 bridgehead atoms. The van der Waals surface area contributed by atoms with Crippen LogP contribution in [-0.2, 0) is 10.1 Å². The molecule has 94 valence electrons. The second-order valence-corrected chi connectivity index (χ2v) is 5.09. The van der Waals surface area contributed by atoms with Crippen molar-refractivity contribution in [3.63, 3.8) is 0 Å². The zero-order valence-electron chi connectivity index (χ0n) is 9.62. The number of hydrogen-bond acceptors (Lipinski definition) is 2. The first kappa shape index (κ1) is 13.2. The van der Waals surface area contributed by atoms with Crippen LogP contribution < -0.4 is 4.74 Å². The lowest BCUT2D eigenvalue weighted by Gasteiger charge is -2.13. The van der Waals surface area contributed by atoms with Crippen LogP contribution in [0.15, 0.2) is 18.2 Å². The van der Waals surface area contributed by atoms with Gasteiger partial charge < -0.3 is 9.47 Å². The van der Waals surface area contributed by atoms with Gasteiger partial charge in [-0.05, 0) is 25.0 Å². The molecule has 0 aromatic heterocycles. The standard InChI is InChI=1S/C13H16BrClO2/c14-9-11-12(15)4-1-5-13(11)17-8-6-10-3-2-7-16-10/h1,4-5,10H,2-3,6-9H2. The van der Waals surface area contributed by atoms with Crippen LogP contribution in [0.4, 0.5) is 0 Å². The fourth-order valence-corrected chi connectivity index (χ4v) is 2.95. The van der Waals surface area contributed by atoms with E-state index in [4.69, 9.17) is 21.1 Å². The zero-order valence-corrected chi connectivity index (χ0v) is 12.0. The normalized spacial score (nSPS) is 19.5. The molecule has 0 spiro atoms. The van der Waals surface area contributed by atoms with Crippen molar-refractivity contribution >= 4 is 27.5 Å². The van der Waals surface area contributed by atoms with Crippen molar-refractivity contribution in [3.05, 3.63) is 28.8 Å². The molecule has 1 heterocycles. The van der Waals surface area contributed by atoms with Gasteiger partial charge in [0.1, 0.15) is 5.75 Å². The molecule has 1 fully saturated rings. The van der Waals surface area contributed by atoms with E-state index in [2.05, 4.69) is 15.9 Å². The predicted molar refractivity (Wildman–Crippen MR) is 73.2 cm³/mol. The topological polar surface area (TPSA) is 18.5 Å². The summed E-state index contributed by atoms with van der Waals surface area (Å²) >= 11 is 9.53. The lowest BCUT2D eigenvalue weighted by atomic mass is 10.2. The highest BCUT2D eigenvalue weighted by Gasteiger charge is 2.15. The fourth-order valence-electron chi connectivity index (χ4n) is 1.98. The lowest BCUT2D eigenvalue weighted by Crippen LogP contribution is -2.11. The summed E-state index contributed by atoms with van der Waals surface area (Å²) in [7, 11) is 0. The van der Waals surface area contributed by atoms with E-state index in [1.54, 1.807) is 0 Å². The summed E-state index contributed by atoms with van der Waals surface area (Å²) in [5, 5.41) is 1.46. The Balaban J connectivity index is 1.87. The van der Waals surface area contributed by atoms with E-state index in [-0.39, 0.29) is 0 Å². The Kier molecular flexibility index (Phi) is 5.14. The van der Waals surface area contributed by atoms with Gasteiger partial charge in [-0.25, -0.2) is 0 Å². The number of hydrogen-bond donors (Lipinski definition) is 0. The van der Waals surface area contributed by atoms with Crippen molar-refractivity contribution in [2.45, 2.75) is 30.7 Å². The van der Waals surface area contributed by atoms with Crippen LogP contribution in [0.1, 0.15) is 24.8 Å². The summed E-state index contributed by atoms with van der Waals surface area (Å²) < 4.78 is 11.3. The second-order valence-electron chi connectivity index (χ2n) is 4.12. The van der Waals surface area contributed by atoms with Gasteiger partial charge in [0.2, 0.25) is 0 Å². The molecule has 1 aromatic rings. The Morgan fingerprint density at radius 1 is 1.47 bits per heavy atom. The number of halogens is 2. The van der Waals surface area contributed by atoms with E-state index >= 15 is 0 Å². The first-order valence-electron chi connectivity index (χ1n) is 5.89. The number of benzene rings is 1. The maximum absolute atomic E-state index is 6.10. The van der Waals surface area contributed by atoms with E-state index < -0.39 is 0 Å². The van der Waals surface area contributed by atoms with E-state index in [0.717, 1.165) is 35.8 Å². The summed E-state index contributed by atoms with van der Waals surface area (Å²) in [6.07, 6.45) is 3.66. The molecule has 0 amide bonds. The van der Waals surface area contributed by atoms with Crippen molar-refractivity contribution in [2.75, 3.05) is 13.2 Å². The Morgan fingerprint density at radius 3 is 3.06 bits per heavy atom. The third kappa shape index (κ3) is 3.60. The monoisotopic (exact) mass is 318 g/mol. The highest BCUT2D eigenvalue weighted by molar-refractivity contribution is 9.08. The molecular weight excluding hydrogens is 303 g/mol. The number of alkyl halides is 1. The molecule has 1 atom stereocenters. The molecule has 0 saturated carbocycles. The third-order valence-corrected chi connectivity index (χ3v) is 3.85. The van der Waals surface area contributed by atoms with E-state index in [9.17, 15) is 0 Å². The predicted octanol–water partition coefficient (Wildman–Crippen LogP) is 4.18. The van der Waals surface area contributed by atoms with Gasteiger partial charge in [-0.1, -0.05) is 33.6 Å². The maximum Gasteiger partial charge on any atom is 0.124 e. The van der Waals surface area contributed by atoms with Crippen LogP contribution in [0, 0.1) is 0 Å². The molecule has 0 radical (unpaired) electrons. The fraction of sp³-hybridized carbons (Fsp3) is 0.538. The van der Waals surface area contributed by atoms with Gasteiger partial charge in [0.15, 0.2) is 0 Å². The molecule has 17 heavy (non-hydrogen) atoms. The summed E-state index contributed by atoms with van der Waals surface area (Å²) in [6.45, 7) is 1.58. The second kappa shape index (κ2) is 6.62. The van der Waals surface area contributed by atoms with Crippen molar-refractivity contribution in [3.8, 4) is 5.75 Å². The van der Waals surface area contributed by atoms with Gasteiger partial charge in [0.05, 0.1) is 12.7 Å². The summed E-state index contributed by atoms with van der Waals surface area (Å²) in [5.41, 5.74) is 1.02. The molecule has 1 aliphatic heterocycles. The van der Waals surface area contributed by atoms with Gasteiger partial charge in [-0.3, -0.25) is 0 Å². The Bertz CT molecular complexity index is 364. The molecule has 1 saturated heterocycles. The minimum Gasteiger partial charge on any atom is -0.493 e. The lowest BCUT2D eigenvalue weighted by molar-refractivity contribution is 0.0902. The highest BCUT2D eigenvalue weighted by Crippen LogP contribution is 2.28. The van der Waals surface area contributed by atoms with E-state index in [0.29, 0.717) is 18.0 Å². The molecular formula is C13H16BrClO2.